The van der Waals surface area contributed by atoms with Crippen molar-refractivity contribution in [2.75, 3.05) is 4.90 Å². The molecule has 3 rings (SSSR count). The monoisotopic (exact) mass is 362 g/mol. The van der Waals surface area contributed by atoms with Gasteiger partial charge in [-0.1, -0.05) is 36.4 Å². The third kappa shape index (κ3) is 4.53. The lowest BCUT2D eigenvalue weighted by Gasteiger charge is -2.22. The lowest BCUT2D eigenvalue weighted by molar-refractivity contribution is -0.129. The largest absolute Gasteiger partial charge is 0.294 e. The first-order chi connectivity index (χ1) is 13.2. The first kappa shape index (κ1) is 18.2. The van der Waals surface area contributed by atoms with E-state index in [1.807, 2.05) is 65.6 Å². The smallest absolute Gasteiger partial charge is 0.243 e. The number of rotatable bonds is 7. The zero-order valence-corrected chi connectivity index (χ0v) is 14.4. The zero-order valence-electron chi connectivity index (χ0n) is 14.4. The van der Waals surface area contributed by atoms with Gasteiger partial charge in [0.15, 0.2) is 5.78 Å². The van der Waals surface area contributed by atoms with Crippen LogP contribution < -0.4 is 10.4 Å². The number of nitrogens with one attached hydrogen (secondary N) is 1. The van der Waals surface area contributed by atoms with Crippen LogP contribution >= 0.6 is 0 Å². The topological polar surface area (TPSA) is 95.4 Å². The van der Waals surface area contributed by atoms with Crippen LogP contribution in [0.3, 0.4) is 0 Å². The van der Waals surface area contributed by atoms with Gasteiger partial charge in [-0.2, -0.15) is 0 Å². The molecule has 0 unspecified atom stereocenters. The van der Waals surface area contributed by atoms with Crippen molar-refractivity contribution in [3.05, 3.63) is 78.6 Å². The molecule has 0 saturated heterocycles. The second kappa shape index (κ2) is 8.68. The summed E-state index contributed by atoms with van der Waals surface area (Å²) in [6.07, 6.45) is 2.76. The molecule has 0 saturated carbocycles. The van der Waals surface area contributed by atoms with Gasteiger partial charge in [-0.15, -0.1) is 0 Å². The fourth-order valence-electron chi connectivity index (χ4n) is 2.54. The number of hydrogen-bond acceptors (Lipinski definition) is 6. The number of aromatic nitrogens is 2. The third-order valence-electron chi connectivity index (χ3n) is 3.89. The van der Waals surface area contributed by atoms with Crippen LogP contribution in [0.2, 0.25) is 0 Å². The lowest BCUT2D eigenvalue weighted by Crippen LogP contribution is -2.19. The van der Waals surface area contributed by atoms with Crippen molar-refractivity contribution in [2.45, 2.75) is 12.8 Å². The maximum Gasteiger partial charge on any atom is 0.243 e. The van der Waals surface area contributed by atoms with Gasteiger partial charge in [0.05, 0.1) is 5.56 Å². The van der Waals surface area contributed by atoms with Crippen molar-refractivity contribution in [2.24, 2.45) is 0 Å². The second-order valence-corrected chi connectivity index (χ2v) is 5.74. The van der Waals surface area contributed by atoms with Crippen LogP contribution in [-0.4, -0.2) is 26.9 Å². The molecule has 1 amide bonds. The summed E-state index contributed by atoms with van der Waals surface area (Å²) in [7, 11) is 0. The van der Waals surface area contributed by atoms with Gasteiger partial charge in [-0.25, -0.2) is 15.4 Å². The molecule has 2 aromatic carbocycles. The van der Waals surface area contributed by atoms with Crippen molar-refractivity contribution in [3.63, 3.8) is 0 Å². The lowest BCUT2D eigenvalue weighted by atomic mass is 10.1. The Morgan fingerprint density at radius 2 is 1.37 bits per heavy atom. The van der Waals surface area contributed by atoms with E-state index in [1.54, 1.807) is 0 Å². The van der Waals surface area contributed by atoms with Crippen molar-refractivity contribution >= 4 is 29.0 Å². The Morgan fingerprint density at radius 1 is 0.852 bits per heavy atom. The Kier molecular flexibility index (Phi) is 5.86. The number of nitrogens with zero attached hydrogens (tertiary/aromatic N) is 3. The number of carbonyl (C=O) groups is 2. The summed E-state index contributed by atoms with van der Waals surface area (Å²) < 4.78 is 0. The van der Waals surface area contributed by atoms with E-state index in [-0.39, 0.29) is 18.6 Å². The second-order valence-electron chi connectivity index (χ2n) is 5.74. The number of hydrogen-bond donors (Lipinski definition) is 2. The minimum atomic E-state index is -0.611. The Labute approximate surface area is 156 Å². The summed E-state index contributed by atoms with van der Waals surface area (Å²) >= 11 is 0. The van der Waals surface area contributed by atoms with E-state index < -0.39 is 5.91 Å². The molecule has 136 valence electrons. The molecular weight excluding hydrogens is 344 g/mol. The summed E-state index contributed by atoms with van der Waals surface area (Å²) in [5.74, 6) is -0.451. The number of amides is 1. The normalized spacial score (nSPS) is 10.3. The van der Waals surface area contributed by atoms with Gasteiger partial charge in [-0.05, 0) is 24.3 Å². The van der Waals surface area contributed by atoms with E-state index in [2.05, 4.69) is 9.97 Å². The average Bonchev–Trinajstić information content (AvgIpc) is 2.74. The highest BCUT2D eigenvalue weighted by atomic mass is 16.5. The Morgan fingerprint density at radius 3 is 1.85 bits per heavy atom. The highest BCUT2D eigenvalue weighted by Gasteiger charge is 2.16. The predicted molar refractivity (Wildman–Crippen MR) is 100 cm³/mol. The minimum absolute atomic E-state index is 0.0316. The van der Waals surface area contributed by atoms with Crippen LogP contribution in [0.1, 0.15) is 23.2 Å². The molecule has 0 radical (unpaired) electrons. The number of carbonyl (C=O) groups excluding carboxylic acids is 2. The van der Waals surface area contributed by atoms with Gasteiger partial charge in [0, 0.05) is 36.6 Å². The fourth-order valence-corrected chi connectivity index (χ4v) is 2.54. The zero-order chi connectivity index (χ0) is 19.1. The highest BCUT2D eigenvalue weighted by Crippen LogP contribution is 2.31. The molecule has 0 fully saturated rings. The van der Waals surface area contributed by atoms with Gasteiger partial charge in [-0.3, -0.25) is 19.7 Å². The Balaban J connectivity index is 1.86. The SMILES string of the molecule is O=C(CCC(=O)c1cnc(N(c2ccccc2)c2ccccc2)nc1)NO. The molecule has 0 aliphatic rings. The van der Waals surface area contributed by atoms with Gasteiger partial charge in [0.2, 0.25) is 11.9 Å². The van der Waals surface area contributed by atoms with Gasteiger partial charge < -0.3 is 0 Å². The molecule has 0 aliphatic heterocycles. The van der Waals surface area contributed by atoms with Crippen molar-refractivity contribution in [1.82, 2.24) is 15.4 Å². The summed E-state index contributed by atoms with van der Waals surface area (Å²) in [6, 6.07) is 19.4. The molecule has 7 heteroatoms. The van der Waals surface area contributed by atoms with Crippen LogP contribution in [0.5, 0.6) is 0 Å². The van der Waals surface area contributed by atoms with Crippen LogP contribution in [0.15, 0.2) is 73.1 Å². The Hall–Kier alpha value is -3.58. The molecule has 7 nitrogen and oxygen atoms in total. The van der Waals surface area contributed by atoms with Gasteiger partial charge in [0.25, 0.3) is 0 Å². The first-order valence-electron chi connectivity index (χ1n) is 8.37. The molecule has 1 heterocycles. The summed E-state index contributed by atoms with van der Waals surface area (Å²) in [4.78, 5) is 33.8. The van der Waals surface area contributed by atoms with E-state index in [4.69, 9.17) is 5.21 Å². The molecule has 0 atom stereocenters. The maximum atomic E-state index is 12.1. The molecular formula is C20H18N4O3. The van der Waals surface area contributed by atoms with Crippen LogP contribution in [0.25, 0.3) is 0 Å². The van der Waals surface area contributed by atoms with E-state index in [0.29, 0.717) is 11.5 Å². The summed E-state index contributed by atoms with van der Waals surface area (Å²) in [5, 5.41) is 8.49. The quantitative estimate of drug-likeness (QED) is 0.380. The van der Waals surface area contributed by atoms with E-state index >= 15 is 0 Å². The van der Waals surface area contributed by atoms with Crippen molar-refractivity contribution in [1.29, 1.82) is 0 Å². The number of benzene rings is 2. The summed E-state index contributed by atoms with van der Waals surface area (Å²) in [5.41, 5.74) is 3.60. The van der Waals surface area contributed by atoms with Crippen LogP contribution in [-0.2, 0) is 4.79 Å². The average molecular weight is 362 g/mol. The number of Topliss-reactive ketones (excluding diaryl/α,β-unsaturated/α-hetero) is 1. The van der Waals surface area contributed by atoms with E-state index in [9.17, 15) is 9.59 Å². The summed E-state index contributed by atoms with van der Waals surface area (Å²) in [6.45, 7) is 0. The molecule has 0 spiro atoms. The highest BCUT2D eigenvalue weighted by molar-refractivity contribution is 5.97. The molecule has 2 N–H and O–H groups in total. The Bertz CT molecular complexity index is 860. The predicted octanol–water partition coefficient (Wildman–Crippen LogP) is 3.41. The molecule has 1 aromatic heterocycles. The van der Waals surface area contributed by atoms with Crippen molar-refractivity contribution < 1.29 is 14.8 Å². The van der Waals surface area contributed by atoms with Crippen LogP contribution in [0.4, 0.5) is 17.3 Å². The number of para-hydroxylation sites is 2. The standard InChI is InChI=1S/C20H18N4O3/c25-18(11-12-19(26)23-27)15-13-21-20(22-14-15)24(16-7-3-1-4-8-16)17-9-5-2-6-10-17/h1-10,13-14,27H,11-12H2,(H,23,26). The van der Waals surface area contributed by atoms with E-state index in [1.165, 1.54) is 17.9 Å². The number of hydroxylamine groups is 1. The molecule has 3 aromatic rings. The van der Waals surface area contributed by atoms with Gasteiger partial charge >= 0.3 is 0 Å². The first-order valence-corrected chi connectivity index (χ1v) is 8.37. The van der Waals surface area contributed by atoms with Crippen LogP contribution in [0, 0.1) is 0 Å². The number of ketones is 1. The third-order valence-corrected chi connectivity index (χ3v) is 3.89. The molecule has 27 heavy (non-hydrogen) atoms. The minimum Gasteiger partial charge on any atom is -0.294 e. The van der Waals surface area contributed by atoms with Crippen molar-refractivity contribution in [3.8, 4) is 0 Å². The van der Waals surface area contributed by atoms with Gasteiger partial charge in [0.1, 0.15) is 0 Å². The fraction of sp³-hybridized carbons (Fsp3) is 0.100. The molecule has 0 bridgehead atoms. The molecule has 0 aliphatic carbocycles. The maximum absolute atomic E-state index is 12.1. The van der Waals surface area contributed by atoms with E-state index in [0.717, 1.165) is 11.4 Å². The number of anilines is 3.